The number of rotatable bonds is 2. The lowest BCUT2D eigenvalue weighted by atomic mass is 10.1. The van der Waals surface area contributed by atoms with Crippen LogP contribution in [0.1, 0.15) is 26.3 Å². The van der Waals surface area contributed by atoms with Crippen molar-refractivity contribution in [2.45, 2.75) is 0 Å². The molecule has 3 N–H and O–H groups in total. The minimum Gasteiger partial charge on any atom is -0.508 e. The number of phenolic OH excluding ortho intramolecular Hbond substituents is 2. The topological polar surface area (TPSA) is 109 Å². The number of fused-ring (bicyclic) bond motifs is 2. The number of Topliss-reactive ketones (excluding diaryl/α,β-unsaturated/α-hetero) is 1. The van der Waals surface area contributed by atoms with E-state index in [9.17, 15) is 19.8 Å². The van der Waals surface area contributed by atoms with Crippen molar-refractivity contribution >= 4 is 28.7 Å². The molecule has 0 saturated carbocycles. The number of carbonyl (C=O) groups is 2. The molecule has 0 spiro atoms. The molecule has 7 nitrogen and oxygen atoms in total. The number of phenols is 2. The van der Waals surface area contributed by atoms with Crippen molar-refractivity contribution in [3.63, 3.8) is 0 Å². The van der Waals surface area contributed by atoms with Gasteiger partial charge in [0.25, 0.3) is 0 Å². The summed E-state index contributed by atoms with van der Waals surface area (Å²) in [4.78, 5) is 27.4. The number of carbonyl (C=O) groups excluding carboxylic acids is 2. The lowest BCUT2D eigenvalue weighted by molar-refractivity contribution is 0.0602. The molecule has 4 rings (SSSR count). The van der Waals surface area contributed by atoms with Gasteiger partial charge in [-0.3, -0.25) is 4.79 Å². The first-order chi connectivity index (χ1) is 12.5. The highest BCUT2D eigenvalue weighted by Crippen LogP contribution is 2.41. The summed E-state index contributed by atoms with van der Waals surface area (Å²) in [7, 11) is 1.30. The predicted molar refractivity (Wildman–Crippen MR) is 92.3 cm³/mol. The number of hydrogen-bond acceptors (Lipinski definition) is 6. The third-order valence-electron chi connectivity index (χ3n) is 4.18. The Kier molecular flexibility index (Phi) is 3.43. The predicted octanol–water partition coefficient (Wildman–Crippen LogP) is 2.98. The van der Waals surface area contributed by atoms with Gasteiger partial charge in [0.1, 0.15) is 22.8 Å². The fourth-order valence-corrected chi connectivity index (χ4v) is 3.00. The van der Waals surface area contributed by atoms with E-state index in [-0.39, 0.29) is 28.6 Å². The van der Waals surface area contributed by atoms with Gasteiger partial charge in [0.2, 0.25) is 5.78 Å². The second-order valence-corrected chi connectivity index (χ2v) is 5.74. The molecule has 7 heteroatoms. The van der Waals surface area contributed by atoms with Gasteiger partial charge in [0.05, 0.1) is 18.2 Å². The van der Waals surface area contributed by atoms with Crippen LogP contribution in [-0.4, -0.2) is 34.1 Å². The number of methoxy groups -OCH3 is 1. The fraction of sp³-hybridized carbons (Fsp3) is 0.0526. The van der Waals surface area contributed by atoms with Crippen LogP contribution in [0.4, 0.5) is 0 Å². The molecular weight excluding hydrogens is 338 g/mol. The molecule has 26 heavy (non-hydrogen) atoms. The number of H-pyrrole nitrogens is 1. The summed E-state index contributed by atoms with van der Waals surface area (Å²) in [6.45, 7) is 0. The zero-order chi connectivity index (χ0) is 18.4. The lowest BCUT2D eigenvalue weighted by Crippen LogP contribution is -2.01. The number of esters is 1. The molecule has 3 aromatic rings. The first-order valence-corrected chi connectivity index (χ1v) is 7.68. The van der Waals surface area contributed by atoms with Crippen LogP contribution < -0.4 is 4.74 Å². The van der Waals surface area contributed by atoms with Gasteiger partial charge in [0, 0.05) is 29.3 Å². The third-order valence-corrected chi connectivity index (χ3v) is 4.18. The smallest absolute Gasteiger partial charge is 0.339 e. The fourth-order valence-electron chi connectivity index (χ4n) is 3.00. The van der Waals surface area contributed by atoms with Crippen LogP contribution in [0.3, 0.4) is 0 Å². The van der Waals surface area contributed by atoms with Crippen molar-refractivity contribution in [3.05, 3.63) is 59.0 Å². The summed E-state index contributed by atoms with van der Waals surface area (Å²) < 4.78 is 10.3. The molecule has 0 saturated heterocycles. The summed E-state index contributed by atoms with van der Waals surface area (Å²) in [5.41, 5.74) is 1.59. The summed E-state index contributed by atoms with van der Waals surface area (Å²) >= 11 is 0. The maximum Gasteiger partial charge on any atom is 0.339 e. The molecule has 130 valence electrons. The quantitative estimate of drug-likeness (QED) is 0.484. The molecule has 1 aromatic heterocycles. The maximum atomic E-state index is 12.5. The van der Waals surface area contributed by atoms with Crippen molar-refractivity contribution in [3.8, 4) is 17.2 Å². The zero-order valence-corrected chi connectivity index (χ0v) is 13.6. The Balaban J connectivity index is 1.80. The van der Waals surface area contributed by atoms with E-state index in [0.717, 1.165) is 6.07 Å². The van der Waals surface area contributed by atoms with Gasteiger partial charge in [-0.2, -0.15) is 0 Å². The Labute approximate surface area is 147 Å². The summed E-state index contributed by atoms with van der Waals surface area (Å²) in [5, 5.41) is 20.1. The number of aromatic hydroxyl groups is 2. The number of nitrogens with one attached hydrogen (secondary N) is 1. The Hall–Kier alpha value is -3.74. The van der Waals surface area contributed by atoms with Crippen molar-refractivity contribution in [2.24, 2.45) is 0 Å². The number of benzene rings is 2. The van der Waals surface area contributed by atoms with Crippen molar-refractivity contribution in [1.29, 1.82) is 0 Å². The molecular formula is C19H13NO6. The molecule has 0 amide bonds. The Morgan fingerprint density at radius 1 is 1.27 bits per heavy atom. The average molecular weight is 351 g/mol. The average Bonchev–Trinajstić information content (AvgIpc) is 3.16. The van der Waals surface area contributed by atoms with E-state index in [1.165, 1.54) is 19.3 Å². The molecule has 0 atom stereocenters. The second-order valence-electron chi connectivity index (χ2n) is 5.74. The molecule has 2 heterocycles. The molecule has 0 aliphatic carbocycles. The SMILES string of the molecule is COC(=O)c1cccc2c(/C=C3/Oc4cc(O)cc(O)c4C3=O)c[nH]c12. The molecule has 2 aromatic carbocycles. The number of aromatic nitrogens is 1. The van der Waals surface area contributed by atoms with Gasteiger partial charge in [-0.25, -0.2) is 4.79 Å². The summed E-state index contributed by atoms with van der Waals surface area (Å²) in [5.74, 6) is -1.42. The van der Waals surface area contributed by atoms with Crippen molar-refractivity contribution in [2.75, 3.05) is 7.11 Å². The van der Waals surface area contributed by atoms with Gasteiger partial charge >= 0.3 is 5.97 Å². The van der Waals surface area contributed by atoms with E-state index in [4.69, 9.17) is 9.47 Å². The molecule has 1 aliphatic rings. The first kappa shape index (κ1) is 15.8. The van der Waals surface area contributed by atoms with Gasteiger partial charge in [-0.05, 0) is 12.1 Å². The minimum absolute atomic E-state index is 0.00383. The highest BCUT2D eigenvalue weighted by Gasteiger charge is 2.31. The summed E-state index contributed by atoms with van der Waals surface area (Å²) in [6.07, 6.45) is 3.15. The monoisotopic (exact) mass is 351 g/mol. The van der Waals surface area contributed by atoms with Crippen LogP contribution in [0.2, 0.25) is 0 Å². The number of ketones is 1. The van der Waals surface area contributed by atoms with Gasteiger partial charge in [0.15, 0.2) is 5.76 Å². The van der Waals surface area contributed by atoms with Crippen LogP contribution >= 0.6 is 0 Å². The van der Waals surface area contributed by atoms with E-state index >= 15 is 0 Å². The van der Waals surface area contributed by atoms with E-state index in [2.05, 4.69) is 4.98 Å². The van der Waals surface area contributed by atoms with Crippen LogP contribution in [0.5, 0.6) is 17.2 Å². The highest BCUT2D eigenvalue weighted by atomic mass is 16.5. The minimum atomic E-state index is -0.490. The van der Waals surface area contributed by atoms with E-state index in [1.54, 1.807) is 24.4 Å². The van der Waals surface area contributed by atoms with E-state index in [0.29, 0.717) is 22.0 Å². The number of ether oxygens (including phenoxy) is 2. The molecule has 0 bridgehead atoms. The number of hydrogen-bond donors (Lipinski definition) is 3. The maximum absolute atomic E-state index is 12.5. The van der Waals surface area contributed by atoms with Crippen LogP contribution in [0.25, 0.3) is 17.0 Å². The molecule has 0 unspecified atom stereocenters. The van der Waals surface area contributed by atoms with Gasteiger partial charge in [-0.1, -0.05) is 12.1 Å². The van der Waals surface area contributed by atoms with Crippen molar-refractivity contribution in [1.82, 2.24) is 4.98 Å². The second kappa shape index (κ2) is 5.66. The van der Waals surface area contributed by atoms with Crippen LogP contribution in [-0.2, 0) is 4.74 Å². The van der Waals surface area contributed by atoms with E-state index < -0.39 is 11.8 Å². The van der Waals surface area contributed by atoms with Gasteiger partial charge < -0.3 is 24.7 Å². The zero-order valence-electron chi connectivity index (χ0n) is 13.6. The largest absolute Gasteiger partial charge is 0.508 e. The van der Waals surface area contributed by atoms with Crippen LogP contribution in [0, 0.1) is 0 Å². The number of aromatic amines is 1. The lowest BCUT2D eigenvalue weighted by Gasteiger charge is -2.01. The molecule has 0 fully saturated rings. The Morgan fingerprint density at radius 2 is 2.08 bits per heavy atom. The summed E-state index contributed by atoms with van der Waals surface area (Å²) in [6, 6.07) is 7.48. The van der Waals surface area contributed by atoms with E-state index in [1.807, 2.05) is 0 Å². The van der Waals surface area contributed by atoms with Gasteiger partial charge in [-0.15, -0.1) is 0 Å². The number of para-hydroxylation sites is 1. The standard InChI is InChI=1S/C19H13NO6/c1-25-19(24)12-4-2-3-11-9(8-20-17(11)12)5-15-18(23)16-13(22)6-10(21)7-14(16)26-15/h2-8,20-22H,1H3/b15-5+. The van der Waals surface area contributed by atoms with Crippen LogP contribution in [0.15, 0.2) is 42.3 Å². The molecule has 0 radical (unpaired) electrons. The Bertz CT molecular complexity index is 1110. The normalized spacial score (nSPS) is 14.5. The van der Waals surface area contributed by atoms with Crippen molar-refractivity contribution < 1.29 is 29.3 Å². The highest BCUT2D eigenvalue weighted by molar-refractivity contribution is 6.17. The Morgan fingerprint density at radius 3 is 2.85 bits per heavy atom. The first-order valence-electron chi connectivity index (χ1n) is 7.68. The third kappa shape index (κ3) is 2.29. The number of allylic oxidation sites excluding steroid dienone is 1. The molecule has 1 aliphatic heterocycles.